The number of ketones is 2. The molecule has 4 rings (SSSR count). The van der Waals surface area contributed by atoms with Crippen LogP contribution in [0.25, 0.3) is 0 Å². The van der Waals surface area contributed by atoms with Crippen molar-refractivity contribution in [2.75, 3.05) is 0 Å². The number of Topliss-reactive ketones (excluding diaryl/α,β-unsaturated/α-hetero) is 1. The molecule has 2 aromatic carbocycles. The molecule has 2 nitrogen and oxygen atoms in total. The van der Waals surface area contributed by atoms with Crippen LogP contribution in [-0.4, -0.2) is 15.9 Å². The summed E-state index contributed by atoms with van der Waals surface area (Å²) in [6, 6.07) is 19.7. The molecule has 1 saturated carbocycles. The molecular formula is C20H15BrO2. The Hall–Kier alpha value is -2.00. The maximum atomic E-state index is 12.8. The number of hydrogen-bond acceptors (Lipinski definition) is 2. The predicted molar refractivity (Wildman–Crippen MR) is 92.6 cm³/mol. The Morgan fingerprint density at radius 1 is 0.870 bits per heavy atom. The molecule has 0 unspecified atom stereocenters. The molecule has 2 aromatic rings. The van der Waals surface area contributed by atoms with Crippen molar-refractivity contribution in [3.8, 4) is 0 Å². The van der Waals surface area contributed by atoms with Gasteiger partial charge < -0.3 is 0 Å². The van der Waals surface area contributed by atoms with Crippen LogP contribution in [0.15, 0.2) is 72.3 Å². The van der Waals surface area contributed by atoms with Crippen molar-refractivity contribution < 1.29 is 9.59 Å². The fourth-order valence-electron chi connectivity index (χ4n) is 4.08. The largest absolute Gasteiger partial charge is 0.294 e. The number of allylic oxidation sites excluding steroid dienone is 2. The zero-order valence-electron chi connectivity index (χ0n) is 12.6. The summed E-state index contributed by atoms with van der Waals surface area (Å²) in [6.45, 7) is 1.73. The van der Waals surface area contributed by atoms with Gasteiger partial charge in [-0.3, -0.25) is 9.59 Å². The Morgan fingerprint density at radius 2 is 1.35 bits per heavy atom. The molecular weight excluding hydrogens is 352 g/mol. The summed E-state index contributed by atoms with van der Waals surface area (Å²) >= 11 is 3.68. The summed E-state index contributed by atoms with van der Waals surface area (Å²) in [5.74, 6) is -0.362. The first-order valence-electron chi connectivity index (χ1n) is 7.61. The average molecular weight is 367 g/mol. The molecule has 23 heavy (non-hydrogen) atoms. The lowest BCUT2D eigenvalue weighted by Gasteiger charge is -2.21. The van der Waals surface area contributed by atoms with Crippen molar-refractivity contribution in [3.05, 3.63) is 83.4 Å². The predicted octanol–water partition coefficient (Wildman–Crippen LogP) is 3.83. The van der Waals surface area contributed by atoms with Crippen LogP contribution >= 0.6 is 15.9 Å². The lowest BCUT2D eigenvalue weighted by molar-refractivity contribution is -0.121. The molecule has 0 aromatic heterocycles. The monoisotopic (exact) mass is 366 g/mol. The smallest absolute Gasteiger partial charge is 0.174 e. The standard InChI is InChI=1S/C20H15BrO2/c1-13-12-16(22)20(21)18(17(13)23)19(20,14-8-4-2-5-9-14)15-10-6-3-7-11-15/h2-12,18H,1H3/t18-,20+/m0/s1. The Morgan fingerprint density at radius 3 is 1.83 bits per heavy atom. The average Bonchev–Trinajstić information content (AvgIpc) is 3.18. The van der Waals surface area contributed by atoms with Gasteiger partial charge in [0.15, 0.2) is 11.6 Å². The Bertz CT molecular complexity index is 799. The Labute approximate surface area is 143 Å². The summed E-state index contributed by atoms with van der Waals surface area (Å²) in [5, 5.41) is 0. The maximum absolute atomic E-state index is 12.8. The molecule has 0 aliphatic heterocycles. The van der Waals surface area contributed by atoms with Gasteiger partial charge in [-0.2, -0.15) is 0 Å². The minimum Gasteiger partial charge on any atom is -0.294 e. The molecule has 0 spiro atoms. The van der Waals surface area contributed by atoms with E-state index < -0.39 is 15.7 Å². The second-order valence-corrected chi connectivity index (χ2v) is 7.49. The first kappa shape index (κ1) is 14.6. The molecule has 0 N–H and O–H groups in total. The zero-order valence-corrected chi connectivity index (χ0v) is 14.2. The van der Waals surface area contributed by atoms with E-state index in [9.17, 15) is 9.59 Å². The van der Waals surface area contributed by atoms with Crippen molar-refractivity contribution in [2.24, 2.45) is 5.92 Å². The van der Waals surface area contributed by atoms with E-state index in [0.29, 0.717) is 5.57 Å². The number of carbonyl (C=O) groups is 2. The highest BCUT2D eigenvalue weighted by molar-refractivity contribution is 9.10. The maximum Gasteiger partial charge on any atom is 0.174 e. The molecule has 0 saturated heterocycles. The lowest BCUT2D eigenvalue weighted by Crippen LogP contribution is -2.28. The second kappa shape index (κ2) is 4.75. The van der Waals surface area contributed by atoms with Gasteiger partial charge in [-0.05, 0) is 29.7 Å². The van der Waals surface area contributed by atoms with Crippen molar-refractivity contribution in [1.82, 2.24) is 0 Å². The fourth-order valence-corrected chi connectivity index (χ4v) is 5.31. The first-order valence-corrected chi connectivity index (χ1v) is 8.40. The number of fused-ring (bicyclic) bond motifs is 1. The van der Waals surface area contributed by atoms with Crippen molar-refractivity contribution in [3.63, 3.8) is 0 Å². The molecule has 0 bridgehead atoms. The van der Waals surface area contributed by atoms with Gasteiger partial charge in [-0.25, -0.2) is 0 Å². The Kier molecular flexibility index (Phi) is 3.01. The van der Waals surface area contributed by atoms with Gasteiger partial charge in [0.25, 0.3) is 0 Å². The van der Waals surface area contributed by atoms with Gasteiger partial charge in [-0.1, -0.05) is 76.6 Å². The first-order chi connectivity index (χ1) is 11.0. The quantitative estimate of drug-likeness (QED) is 0.756. The molecule has 0 radical (unpaired) electrons. The molecule has 2 aliphatic rings. The summed E-state index contributed by atoms with van der Waals surface area (Å²) in [5.41, 5.74) is 1.90. The summed E-state index contributed by atoms with van der Waals surface area (Å²) < 4.78 is -0.876. The third kappa shape index (κ3) is 1.63. The van der Waals surface area contributed by atoms with Gasteiger partial charge in [0.2, 0.25) is 0 Å². The molecule has 2 aliphatic carbocycles. The van der Waals surface area contributed by atoms with E-state index in [1.165, 1.54) is 6.08 Å². The highest BCUT2D eigenvalue weighted by Gasteiger charge is 2.83. The third-order valence-electron chi connectivity index (χ3n) is 5.14. The van der Waals surface area contributed by atoms with E-state index in [0.717, 1.165) is 11.1 Å². The molecule has 0 amide bonds. The number of carbonyl (C=O) groups excluding carboxylic acids is 2. The minimum absolute atomic E-state index is 0.0210. The van der Waals surface area contributed by atoms with E-state index in [2.05, 4.69) is 15.9 Å². The van der Waals surface area contributed by atoms with Crippen LogP contribution in [0.1, 0.15) is 18.1 Å². The number of alkyl halides is 1. The molecule has 0 heterocycles. The molecule has 114 valence electrons. The summed E-state index contributed by atoms with van der Waals surface area (Å²) in [4.78, 5) is 25.6. The molecule has 1 fully saturated rings. The van der Waals surface area contributed by atoms with Crippen molar-refractivity contribution in [2.45, 2.75) is 16.7 Å². The summed E-state index contributed by atoms with van der Waals surface area (Å²) in [6.07, 6.45) is 1.49. The third-order valence-corrected chi connectivity index (χ3v) is 6.61. The van der Waals surface area contributed by atoms with Crippen LogP contribution in [0, 0.1) is 5.92 Å². The van der Waals surface area contributed by atoms with Crippen LogP contribution in [0.5, 0.6) is 0 Å². The number of hydrogen-bond donors (Lipinski definition) is 0. The van der Waals surface area contributed by atoms with E-state index in [4.69, 9.17) is 0 Å². The van der Waals surface area contributed by atoms with Gasteiger partial charge >= 0.3 is 0 Å². The van der Waals surface area contributed by atoms with Gasteiger partial charge in [0.05, 0.1) is 11.3 Å². The number of rotatable bonds is 2. The van der Waals surface area contributed by atoms with Crippen molar-refractivity contribution in [1.29, 1.82) is 0 Å². The van der Waals surface area contributed by atoms with E-state index in [1.54, 1.807) is 6.92 Å². The highest BCUT2D eigenvalue weighted by Crippen LogP contribution is 2.73. The second-order valence-electron chi connectivity index (χ2n) is 6.24. The lowest BCUT2D eigenvalue weighted by atomic mass is 9.83. The fraction of sp³-hybridized carbons (Fsp3) is 0.200. The minimum atomic E-state index is -0.876. The van der Waals surface area contributed by atoms with Crippen LogP contribution in [0.3, 0.4) is 0 Å². The van der Waals surface area contributed by atoms with Crippen LogP contribution in [0.4, 0.5) is 0 Å². The Balaban J connectivity index is 2.02. The van der Waals surface area contributed by atoms with Crippen molar-refractivity contribution >= 4 is 27.5 Å². The summed E-state index contributed by atoms with van der Waals surface area (Å²) in [7, 11) is 0. The normalized spacial score (nSPS) is 28.1. The molecule has 2 atom stereocenters. The van der Waals surface area contributed by atoms with Gasteiger partial charge in [-0.15, -0.1) is 0 Å². The van der Waals surface area contributed by atoms with Crippen LogP contribution < -0.4 is 0 Å². The van der Waals surface area contributed by atoms with Crippen LogP contribution in [-0.2, 0) is 15.0 Å². The van der Waals surface area contributed by atoms with E-state index in [1.807, 2.05) is 60.7 Å². The van der Waals surface area contributed by atoms with Gasteiger partial charge in [0, 0.05) is 0 Å². The highest BCUT2D eigenvalue weighted by atomic mass is 79.9. The van der Waals surface area contributed by atoms with Gasteiger partial charge in [0.1, 0.15) is 4.32 Å². The topological polar surface area (TPSA) is 34.1 Å². The zero-order chi connectivity index (χ0) is 16.2. The number of halogens is 1. The van der Waals surface area contributed by atoms with Crippen LogP contribution in [0.2, 0.25) is 0 Å². The van der Waals surface area contributed by atoms with E-state index >= 15 is 0 Å². The van der Waals surface area contributed by atoms with E-state index in [-0.39, 0.29) is 11.6 Å². The SMILES string of the molecule is CC1=CC(=O)[C@@]2(Br)[C@@H](C1=O)C2(c1ccccc1)c1ccccc1. The number of benzene rings is 2. The molecule has 3 heteroatoms.